The van der Waals surface area contributed by atoms with E-state index in [1.54, 1.807) is 29.2 Å². The monoisotopic (exact) mass is 382 g/mol. The Hall–Kier alpha value is -2.58. The lowest BCUT2D eigenvalue weighted by Gasteiger charge is -2.29. The van der Waals surface area contributed by atoms with Gasteiger partial charge in [-0.2, -0.15) is 18.3 Å². The number of amides is 1. The van der Waals surface area contributed by atoms with Crippen molar-refractivity contribution in [2.45, 2.75) is 31.9 Å². The maximum Gasteiger partial charge on any atom is 0.391 e. The Labute approximate surface area is 154 Å². The van der Waals surface area contributed by atoms with Gasteiger partial charge in [0.25, 0.3) is 5.91 Å². The first-order valence-electron chi connectivity index (χ1n) is 8.77. The Morgan fingerprint density at radius 3 is 2.67 bits per heavy atom. The molecule has 0 saturated heterocycles. The van der Waals surface area contributed by atoms with Crippen molar-refractivity contribution in [3.63, 3.8) is 0 Å². The number of ether oxygens (including phenoxy) is 1. The Morgan fingerprint density at radius 2 is 2.07 bits per heavy atom. The number of halogens is 3. The molecule has 27 heavy (non-hydrogen) atoms. The smallest absolute Gasteiger partial charge is 0.391 e. The summed E-state index contributed by atoms with van der Waals surface area (Å²) in [6.45, 7) is 0.341. The van der Waals surface area contributed by atoms with Crippen molar-refractivity contribution >= 4 is 5.91 Å². The quantitative estimate of drug-likeness (QED) is 0.861. The van der Waals surface area contributed by atoms with Crippen LogP contribution in [0.2, 0.25) is 0 Å². The molecule has 0 atom stereocenters. The number of hydrogen-bond donors (Lipinski definition) is 1. The van der Waals surface area contributed by atoms with Crippen LogP contribution in [0, 0.1) is 11.8 Å². The van der Waals surface area contributed by atoms with Crippen LogP contribution >= 0.6 is 0 Å². The molecule has 2 aromatic heterocycles. The topological polar surface area (TPSA) is 69.0 Å². The van der Waals surface area contributed by atoms with Gasteiger partial charge in [0, 0.05) is 31.2 Å². The summed E-state index contributed by atoms with van der Waals surface area (Å²) in [7, 11) is 1.46. The van der Waals surface area contributed by atoms with E-state index in [9.17, 15) is 18.0 Å². The number of carbonyl (C=O) groups excluding carboxylic acids is 1. The zero-order valence-electron chi connectivity index (χ0n) is 14.9. The molecule has 0 aliphatic heterocycles. The summed E-state index contributed by atoms with van der Waals surface area (Å²) in [5, 5.41) is 6.86. The van der Waals surface area contributed by atoms with Crippen molar-refractivity contribution in [3.05, 3.63) is 36.3 Å². The Morgan fingerprint density at radius 1 is 1.33 bits per heavy atom. The van der Waals surface area contributed by atoms with Gasteiger partial charge in [-0.15, -0.1) is 0 Å². The summed E-state index contributed by atoms with van der Waals surface area (Å²) >= 11 is 0. The molecule has 0 unspecified atom stereocenters. The number of pyridine rings is 1. The van der Waals surface area contributed by atoms with Crippen LogP contribution in [-0.4, -0.2) is 40.5 Å². The minimum Gasteiger partial charge on any atom is -0.496 e. The fraction of sp³-hybridized carbons (Fsp3) is 0.500. The second-order valence-electron chi connectivity index (χ2n) is 6.66. The molecule has 1 saturated carbocycles. The zero-order valence-corrected chi connectivity index (χ0v) is 14.9. The number of hydrogen-bond acceptors (Lipinski definition) is 4. The van der Waals surface area contributed by atoms with Gasteiger partial charge in [-0.05, 0) is 37.7 Å². The van der Waals surface area contributed by atoms with E-state index in [-0.39, 0.29) is 30.2 Å². The lowest BCUT2D eigenvalue weighted by atomic mass is 9.81. The summed E-state index contributed by atoms with van der Waals surface area (Å²) < 4.78 is 45.0. The highest BCUT2D eigenvalue weighted by molar-refractivity contribution is 5.96. The number of aromatic nitrogens is 3. The molecule has 6 nitrogen and oxygen atoms in total. The molecule has 146 valence electrons. The van der Waals surface area contributed by atoms with Crippen molar-refractivity contribution in [2.75, 3.05) is 13.7 Å². The zero-order chi connectivity index (χ0) is 19.4. The van der Waals surface area contributed by atoms with Crippen molar-refractivity contribution in [3.8, 4) is 11.6 Å². The third-order valence-corrected chi connectivity index (χ3v) is 4.92. The van der Waals surface area contributed by atoms with Crippen LogP contribution in [0.3, 0.4) is 0 Å². The third kappa shape index (κ3) is 4.58. The predicted octanol–water partition coefficient (Wildman–Crippen LogP) is 3.37. The van der Waals surface area contributed by atoms with Crippen LogP contribution in [0.1, 0.15) is 36.0 Å². The molecule has 9 heteroatoms. The van der Waals surface area contributed by atoms with E-state index >= 15 is 0 Å². The summed E-state index contributed by atoms with van der Waals surface area (Å²) in [4.78, 5) is 16.7. The van der Waals surface area contributed by atoms with Crippen molar-refractivity contribution in [1.29, 1.82) is 0 Å². The third-order valence-electron chi connectivity index (χ3n) is 4.92. The van der Waals surface area contributed by atoms with Gasteiger partial charge >= 0.3 is 6.18 Å². The number of methoxy groups -OCH3 is 1. The van der Waals surface area contributed by atoms with Crippen LogP contribution < -0.4 is 10.1 Å². The van der Waals surface area contributed by atoms with Crippen LogP contribution in [0.15, 0.2) is 30.7 Å². The van der Waals surface area contributed by atoms with E-state index in [4.69, 9.17) is 4.74 Å². The molecule has 2 heterocycles. The van der Waals surface area contributed by atoms with Crippen molar-refractivity contribution < 1.29 is 22.7 Å². The number of nitrogens with zero attached hydrogens (tertiary/aromatic N) is 3. The van der Waals surface area contributed by atoms with Crippen molar-refractivity contribution in [1.82, 2.24) is 20.1 Å². The number of carbonyl (C=O) groups is 1. The van der Waals surface area contributed by atoms with Gasteiger partial charge in [0.1, 0.15) is 5.75 Å². The summed E-state index contributed by atoms with van der Waals surface area (Å²) in [6.07, 6.45) is 1.77. The fourth-order valence-electron chi connectivity index (χ4n) is 3.32. The van der Waals surface area contributed by atoms with E-state index < -0.39 is 12.1 Å². The van der Waals surface area contributed by atoms with Crippen LogP contribution in [-0.2, 0) is 0 Å². The normalized spacial score (nSPS) is 20.3. The molecule has 1 aliphatic rings. The summed E-state index contributed by atoms with van der Waals surface area (Å²) in [5.41, 5.74) is 0.275. The van der Waals surface area contributed by atoms with Crippen LogP contribution in [0.4, 0.5) is 13.2 Å². The molecule has 0 aromatic carbocycles. The molecule has 1 amide bonds. The molecule has 1 fully saturated rings. The number of alkyl halides is 3. The minimum atomic E-state index is -4.12. The highest BCUT2D eigenvalue weighted by atomic mass is 19.4. The standard InChI is InChI=1S/C18H21F3N4O2/c1-27-15-9-16(25-8-2-7-24-25)22-11-14(15)17(26)23-10-12-3-5-13(6-4-12)18(19,20)21/h2,7-9,11-13H,3-6,10H2,1H3,(H,23,26). The molecule has 2 aromatic rings. The van der Waals surface area contributed by atoms with Gasteiger partial charge in [0.15, 0.2) is 5.82 Å². The minimum absolute atomic E-state index is 0.0508. The predicted molar refractivity (Wildman–Crippen MR) is 91.7 cm³/mol. The fourth-order valence-corrected chi connectivity index (χ4v) is 3.32. The highest BCUT2D eigenvalue weighted by Crippen LogP contribution is 2.39. The van der Waals surface area contributed by atoms with Gasteiger partial charge in [-0.1, -0.05) is 0 Å². The first kappa shape index (κ1) is 19.2. The number of rotatable bonds is 5. The van der Waals surface area contributed by atoms with E-state index in [1.807, 2.05) is 0 Å². The number of nitrogens with one attached hydrogen (secondary N) is 1. The second-order valence-corrected chi connectivity index (χ2v) is 6.66. The molecular formula is C18H21F3N4O2. The Balaban J connectivity index is 1.58. The van der Waals surface area contributed by atoms with Gasteiger partial charge in [0.2, 0.25) is 0 Å². The molecule has 1 aliphatic carbocycles. The molecule has 1 N–H and O–H groups in total. The molecule has 3 rings (SSSR count). The van der Waals surface area contributed by atoms with E-state index in [2.05, 4.69) is 15.4 Å². The second kappa shape index (κ2) is 7.98. The first-order valence-corrected chi connectivity index (χ1v) is 8.77. The summed E-state index contributed by atoms with van der Waals surface area (Å²) in [6, 6.07) is 3.36. The Kier molecular flexibility index (Phi) is 5.67. The molecular weight excluding hydrogens is 361 g/mol. The van der Waals surface area contributed by atoms with Crippen LogP contribution in [0.5, 0.6) is 5.75 Å². The van der Waals surface area contributed by atoms with Gasteiger partial charge in [-0.3, -0.25) is 4.79 Å². The molecule has 0 spiro atoms. The van der Waals surface area contributed by atoms with Crippen LogP contribution in [0.25, 0.3) is 5.82 Å². The van der Waals surface area contributed by atoms with E-state index in [1.165, 1.54) is 13.3 Å². The maximum absolute atomic E-state index is 12.7. The van der Waals surface area contributed by atoms with Crippen molar-refractivity contribution in [2.24, 2.45) is 11.8 Å². The van der Waals surface area contributed by atoms with Gasteiger partial charge < -0.3 is 10.1 Å². The largest absolute Gasteiger partial charge is 0.496 e. The Bertz CT molecular complexity index is 769. The molecule has 0 radical (unpaired) electrons. The lowest BCUT2D eigenvalue weighted by molar-refractivity contribution is -0.183. The molecule has 0 bridgehead atoms. The first-order chi connectivity index (χ1) is 12.9. The van der Waals surface area contributed by atoms with Gasteiger partial charge in [-0.25, -0.2) is 9.67 Å². The van der Waals surface area contributed by atoms with E-state index in [0.717, 1.165) is 0 Å². The maximum atomic E-state index is 12.7. The van der Waals surface area contributed by atoms with Gasteiger partial charge in [0.05, 0.1) is 18.6 Å². The highest BCUT2D eigenvalue weighted by Gasteiger charge is 2.41. The summed E-state index contributed by atoms with van der Waals surface area (Å²) in [5.74, 6) is -0.657. The lowest BCUT2D eigenvalue weighted by Crippen LogP contribution is -2.34. The average molecular weight is 382 g/mol. The average Bonchev–Trinajstić information content (AvgIpc) is 3.20. The van der Waals surface area contributed by atoms with E-state index in [0.29, 0.717) is 31.0 Å². The SMILES string of the molecule is COc1cc(-n2cccn2)ncc1C(=O)NCC1CCC(C(F)(F)F)CC1.